The van der Waals surface area contributed by atoms with Gasteiger partial charge in [-0.3, -0.25) is 37.3 Å². The van der Waals surface area contributed by atoms with Gasteiger partial charge >= 0.3 is 39.5 Å². The van der Waals surface area contributed by atoms with E-state index in [1.54, 1.807) is 0 Å². The fourth-order valence-electron chi connectivity index (χ4n) is 11.7. The Bertz CT molecular complexity index is 1880. The van der Waals surface area contributed by atoms with Gasteiger partial charge in [-0.1, -0.05) is 344 Å². The van der Waals surface area contributed by atoms with Crippen LogP contribution < -0.4 is 0 Å². The summed E-state index contributed by atoms with van der Waals surface area (Å²) in [5.41, 5.74) is 0. The summed E-state index contributed by atoms with van der Waals surface area (Å²) in [6.07, 6.45) is 53.8. The Kier molecular flexibility index (Phi) is 66.2. The first-order valence-electron chi connectivity index (χ1n) is 40.0. The summed E-state index contributed by atoms with van der Waals surface area (Å²) in [4.78, 5) is 72.9. The van der Waals surface area contributed by atoms with E-state index in [0.29, 0.717) is 25.7 Å². The molecule has 96 heavy (non-hydrogen) atoms. The molecule has 0 amide bonds. The first kappa shape index (κ1) is 94.1. The van der Waals surface area contributed by atoms with Crippen molar-refractivity contribution in [2.24, 2.45) is 17.8 Å². The number of hydrogen-bond acceptors (Lipinski definition) is 15. The minimum absolute atomic E-state index is 0.105. The van der Waals surface area contributed by atoms with Gasteiger partial charge in [0.2, 0.25) is 0 Å². The van der Waals surface area contributed by atoms with Crippen LogP contribution in [0, 0.1) is 17.8 Å². The third-order valence-corrected chi connectivity index (χ3v) is 20.9. The minimum Gasteiger partial charge on any atom is -0.462 e. The van der Waals surface area contributed by atoms with Gasteiger partial charge < -0.3 is 33.8 Å². The van der Waals surface area contributed by atoms with Crippen LogP contribution in [0.5, 0.6) is 0 Å². The Morgan fingerprint density at radius 3 is 0.740 bits per heavy atom. The molecule has 0 saturated carbocycles. The molecule has 0 aliphatic heterocycles. The number of phosphoric acid groups is 2. The SMILES string of the molecule is CCCCCCCCCCCCCCCCC(=O)OC[C@H](COP(=O)(O)OC[C@@H](O)COP(=O)(O)OC[C@@H](COC(=O)CCCCCCCCCCC(C)CC)OC(=O)CCCCCCCCCCC(C)CC)OC(=O)CCCCCCCCCCCCCCCCC(C)CC. The van der Waals surface area contributed by atoms with E-state index >= 15 is 0 Å². The maximum Gasteiger partial charge on any atom is 0.472 e. The zero-order valence-corrected chi connectivity index (χ0v) is 64.6. The van der Waals surface area contributed by atoms with Gasteiger partial charge in [0.25, 0.3) is 0 Å². The average Bonchev–Trinajstić information content (AvgIpc) is 1.14. The van der Waals surface area contributed by atoms with Gasteiger partial charge in [-0.05, 0) is 43.4 Å². The average molecular weight is 1410 g/mol. The minimum atomic E-state index is -4.96. The van der Waals surface area contributed by atoms with E-state index in [0.717, 1.165) is 108 Å². The monoisotopic (exact) mass is 1410 g/mol. The molecule has 0 aliphatic rings. The smallest absolute Gasteiger partial charge is 0.462 e. The van der Waals surface area contributed by atoms with Gasteiger partial charge in [0.1, 0.15) is 19.3 Å². The first-order chi connectivity index (χ1) is 46.3. The highest BCUT2D eigenvalue weighted by Crippen LogP contribution is 2.45. The molecular formula is C77H150O17P2. The molecule has 0 bridgehead atoms. The van der Waals surface area contributed by atoms with Crippen LogP contribution in [0.3, 0.4) is 0 Å². The summed E-state index contributed by atoms with van der Waals surface area (Å²) >= 11 is 0. The van der Waals surface area contributed by atoms with Crippen LogP contribution >= 0.6 is 15.6 Å². The molecule has 0 rings (SSSR count). The van der Waals surface area contributed by atoms with Crippen LogP contribution in [0.15, 0.2) is 0 Å². The fraction of sp³-hybridized carbons (Fsp3) is 0.948. The lowest BCUT2D eigenvalue weighted by atomic mass is 9.99. The second kappa shape index (κ2) is 67.5. The Labute approximate surface area is 588 Å². The molecule has 8 atom stereocenters. The molecule has 0 aromatic carbocycles. The Balaban J connectivity index is 5.27. The molecule has 5 unspecified atom stereocenters. The zero-order chi connectivity index (χ0) is 70.9. The lowest BCUT2D eigenvalue weighted by Gasteiger charge is -2.21. The van der Waals surface area contributed by atoms with Crippen molar-refractivity contribution in [1.82, 2.24) is 0 Å². The van der Waals surface area contributed by atoms with Crippen LogP contribution in [0.4, 0.5) is 0 Å². The molecule has 0 heterocycles. The lowest BCUT2D eigenvalue weighted by molar-refractivity contribution is -0.161. The number of rotatable bonds is 75. The van der Waals surface area contributed by atoms with Crippen molar-refractivity contribution in [3.63, 3.8) is 0 Å². The summed E-state index contributed by atoms with van der Waals surface area (Å²) in [6, 6.07) is 0. The number of ether oxygens (including phenoxy) is 4. The second-order valence-electron chi connectivity index (χ2n) is 28.5. The number of esters is 4. The predicted octanol–water partition coefficient (Wildman–Crippen LogP) is 22.6. The summed E-state index contributed by atoms with van der Waals surface area (Å²) in [5, 5.41) is 10.6. The van der Waals surface area contributed by atoms with E-state index in [1.165, 1.54) is 205 Å². The van der Waals surface area contributed by atoms with E-state index in [2.05, 4.69) is 48.5 Å². The molecule has 0 fully saturated rings. The van der Waals surface area contributed by atoms with Crippen molar-refractivity contribution in [1.29, 1.82) is 0 Å². The third-order valence-electron chi connectivity index (χ3n) is 19.0. The predicted molar refractivity (Wildman–Crippen MR) is 391 cm³/mol. The Morgan fingerprint density at radius 1 is 0.292 bits per heavy atom. The molecule has 3 N–H and O–H groups in total. The molecule has 0 aliphatic carbocycles. The Hall–Kier alpha value is -1.94. The maximum absolute atomic E-state index is 13.1. The molecule has 0 aromatic rings. The van der Waals surface area contributed by atoms with Crippen molar-refractivity contribution in [2.75, 3.05) is 39.6 Å². The number of carbonyl (C=O) groups excluding carboxylic acids is 4. The van der Waals surface area contributed by atoms with Crippen LogP contribution in [0.2, 0.25) is 0 Å². The van der Waals surface area contributed by atoms with Crippen LogP contribution in [-0.4, -0.2) is 96.7 Å². The van der Waals surface area contributed by atoms with Crippen LogP contribution in [0.25, 0.3) is 0 Å². The van der Waals surface area contributed by atoms with Crippen molar-refractivity contribution in [3.05, 3.63) is 0 Å². The summed E-state index contributed by atoms with van der Waals surface area (Å²) in [7, 11) is -9.92. The molecular weight excluding hydrogens is 1260 g/mol. The molecule has 0 saturated heterocycles. The summed E-state index contributed by atoms with van der Waals surface area (Å²) in [5.74, 6) is 0.276. The normalized spacial score (nSPS) is 14.9. The van der Waals surface area contributed by atoms with Crippen molar-refractivity contribution >= 4 is 39.5 Å². The quantitative estimate of drug-likeness (QED) is 0.0222. The summed E-state index contributed by atoms with van der Waals surface area (Å²) in [6.45, 7) is 12.0. The Morgan fingerprint density at radius 2 is 0.500 bits per heavy atom. The van der Waals surface area contributed by atoms with Gasteiger partial charge in [-0.25, -0.2) is 9.13 Å². The van der Waals surface area contributed by atoms with E-state index in [1.807, 2.05) is 0 Å². The maximum atomic E-state index is 13.1. The van der Waals surface area contributed by atoms with E-state index < -0.39 is 97.5 Å². The second-order valence-corrected chi connectivity index (χ2v) is 31.4. The molecule has 19 heteroatoms. The largest absolute Gasteiger partial charge is 0.472 e. The summed E-state index contributed by atoms with van der Waals surface area (Å²) < 4.78 is 68.6. The van der Waals surface area contributed by atoms with Crippen molar-refractivity contribution in [2.45, 2.75) is 414 Å². The van der Waals surface area contributed by atoms with Crippen LogP contribution in [-0.2, 0) is 65.4 Å². The zero-order valence-electron chi connectivity index (χ0n) is 62.8. The van der Waals surface area contributed by atoms with Gasteiger partial charge in [0.15, 0.2) is 12.2 Å². The van der Waals surface area contributed by atoms with Gasteiger partial charge in [-0.2, -0.15) is 0 Å². The fourth-order valence-corrected chi connectivity index (χ4v) is 13.3. The highest BCUT2D eigenvalue weighted by Gasteiger charge is 2.30. The number of aliphatic hydroxyl groups excluding tert-OH is 1. The standard InChI is InChI=1S/C77H150O17P2/c1-8-12-13-14-15-16-17-18-22-25-28-37-44-51-58-74(79)87-64-72(93-76(81)60-53-46-39-29-26-23-20-19-21-24-27-34-41-48-55-68(5)9-2)66-91-95(83,84)89-62-71(78)63-90-96(85,86)92-67-73(94-77(82)61-54-47-40-33-31-36-43-50-57-70(7)11-4)65-88-75(80)59-52-45-38-32-30-35-42-49-56-69(6)10-3/h68-73,78H,8-67H2,1-7H3,(H,83,84)(H,85,86)/t68?,69?,70?,71-,72-,73-/m1/s1. The number of hydrogen-bond donors (Lipinski definition) is 3. The van der Waals surface area contributed by atoms with Crippen molar-refractivity contribution < 1.29 is 80.2 Å². The highest BCUT2D eigenvalue weighted by molar-refractivity contribution is 7.47. The van der Waals surface area contributed by atoms with Crippen molar-refractivity contribution in [3.8, 4) is 0 Å². The van der Waals surface area contributed by atoms with Crippen LogP contribution in [0.1, 0.15) is 395 Å². The van der Waals surface area contributed by atoms with E-state index in [4.69, 9.17) is 37.0 Å². The third kappa shape index (κ3) is 66.6. The number of unbranched alkanes of at least 4 members (excludes halogenated alkanes) is 40. The highest BCUT2D eigenvalue weighted by atomic mass is 31.2. The van der Waals surface area contributed by atoms with Gasteiger partial charge in [-0.15, -0.1) is 0 Å². The molecule has 17 nitrogen and oxygen atoms in total. The molecule has 0 radical (unpaired) electrons. The van der Waals surface area contributed by atoms with Gasteiger partial charge in [0, 0.05) is 25.7 Å². The molecule has 0 spiro atoms. The number of phosphoric ester groups is 2. The topological polar surface area (TPSA) is 237 Å². The van der Waals surface area contributed by atoms with E-state index in [9.17, 15) is 43.2 Å². The lowest BCUT2D eigenvalue weighted by Crippen LogP contribution is -2.30. The first-order valence-corrected chi connectivity index (χ1v) is 43.0. The number of carbonyl (C=O) groups is 4. The molecule has 0 aromatic heterocycles. The van der Waals surface area contributed by atoms with Gasteiger partial charge in [0.05, 0.1) is 26.4 Å². The molecule has 570 valence electrons. The van der Waals surface area contributed by atoms with E-state index in [-0.39, 0.29) is 25.7 Å². The number of aliphatic hydroxyl groups is 1.